The van der Waals surface area contributed by atoms with Crippen LogP contribution in [0.3, 0.4) is 0 Å². The van der Waals surface area contributed by atoms with Crippen LogP contribution in [0.4, 0.5) is 19.0 Å². The molecule has 0 N–H and O–H groups in total. The number of aryl methyl sites for hydroxylation is 1. The van der Waals surface area contributed by atoms with Crippen molar-refractivity contribution in [1.29, 1.82) is 0 Å². The van der Waals surface area contributed by atoms with Crippen LogP contribution in [-0.2, 0) is 10.9 Å². The fraction of sp³-hybridized carbons (Fsp3) is 0.667. The average molecular weight is 343 g/mol. The Morgan fingerprint density at radius 1 is 1.21 bits per heavy atom. The molecule has 0 saturated carbocycles. The van der Waals surface area contributed by atoms with Gasteiger partial charge in [-0.15, -0.1) is 15.3 Å². The van der Waals surface area contributed by atoms with E-state index in [1.807, 2.05) is 25.7 Å². The SMILES string of the molecule is CCC1(C)CN(c2nn3c(C(F)(F)F)nnc3c(C)c2C)CCO1. The molecule has 0 radical (unpaired) electrons. The first kappa shape index (κ1) is 16.9. The molecule has 1 saturated heterocycles. The monoisotopic (exact) mass is 343 g/mol. The minimum absolute atomic E-state index is 0.134. The topological polar surface area (TPSA) is 55.6 Å². The highest BCUT2D eigenvalue weighted by Crippen LogP contribution is 2.32. The van der Waals surface area contributed by atoms with Crippen molar-refractivity contribution in [2.24, 2.45) is 0 Å². The summed E-state index contributed by atoms with van der Waals surface area (Å²) in [5.74, 6) is -0.582. The predicted octanol–water partition coefficient (Wildman–Crippen LogP) is 2.77. The standard InChI is InChI=1S/C15H20F3N5O/c1-5-14(4)8-22(6-7-24-14)12-10(3)9(2)11-19-20-13(15(16,17)18)23(11)21-12/h5-8H2,1-4H3. The van der Waals surface area contributed by atoms with Gasteiger partial charge < -0.3 is 9.64 Å². The van der Waals surface area contributed by atoms with Gasteiger partial charge in [0.15, 0.2) is 11.5 Å². The summed E-state index contributed by atoms with van der Waals surface area (Å²) >= 11 is 0. The third-order valence-corrected chi connectivity index (χ3v) is 4.71. The minimum atomic E-state index is -4.60. The number of hydrogen-bond donors (Lipinski definition) is 0. The number of nitrogens with zero attached hydrogens (tertiary/aromatic N) is 5. The van der Waals surface area contributed by atoms with Crippen LogP contribution in [0.1, 0.15) is 37.2 Å². The van der Waals surface area contributed by atoms with Crippen LogP contribution in [-0.4, -0.2) is 45.1 Å². The summed E-state index contributed by atoms with van der Waals surface area (Å²) in [6.07, 6.45) is -3.79. The summed E-state index contributed by atoms with van der Waals surface area (Å²) < 4.78 is 46.0. The molecule has 9 heteroatoms. The van der Waals surface area contributed by atoms with Gasteiger partial charge in [-0.05, 0) is 27.2 Å². The molecule has 132 valence electrons. The zero-order valence-corrected chi connectivity index (χ0v) is 14.1. The Bertz CT molecular complexity index is 773. The molecule has 0 amide bonds. The molecule has 2 aromatic heterocycles. The highest BCUT2D eigenvalue weighted by molar-refractivity contribution is 5.59. The van der Waals surface area contributed by atoms with Crippen molar-refractivity contribution in [3.05, 3.63) is 17.0 Å². The first-order valence-electron chi connectivity index (χ1n) is 7.85. The molecule has 1 aliphatic rings. The largest absolute Gasteiger partial charge is 0.453 e. The van der Waals surface area contributed by atoms with Gasteiger partial charge in [-0.25, -0.2) is 0 Å². The normalized spacial score (nSPS) is 22.4. The second-order valence-electron chi connectivity index (χ2n) is 6.40. The number of anilines is 1. The first-order chi connectivity index (χ1) is 11.2. The number of fused-ring (bicyclic) bond motifs is 1. The van der Waals surface area contributed by atoms with E-state index < -0.39 is 12.0 Å². The van der Waals surface area contributed by atoms with Gasteiger partial charge in [-0.2, -0.15) is 17.7 Å². The van der Waals surface area contributed by atoms with E-state index in [-0.39, 0.29) is 11.2 Å². The van der Waals surface area contributed by atoms with Crippen molar-refractivity contribution in [3.63, 3.8) is 0 Å². The van der Waals surface area contributed by atoms with E-state index in [2.05, 4.69) is 15.3 Å². The van der Waals surface area contributed by atoms with Crippen LogP contribution in [0.25, 0.3) is 5.65 Å². The van der Waals surface area contributed by atoms with E-state index in [0.717, 1.165) is 16.5 Å². The minimum Gasteiger partial charge on any atom is -0.372 e. The summed E-state index contributed by atoms with van der Waals surface area (Å²) in [6.45, 7) is 9.28. The quantitative estimate of drug-likeness (QED) is 0.839. The summed E-state index contributed by atoms with van der Waals surface area (Å²) in [5, 5.41) is 11.2. The highest BCUT2D eigenvalue weighted by Gasteiger charge is 2.39. The number of ether oxygens (including phenoxy) is 1. The zero-order valence-electron chi connectivity index (χ0n) is 14.1. The summed E-state index contributed by atoms with van der Waals surface area (Å²) in [6, 6.07) is 0. The third-order valence-electron chi connectivity index (χ3n) is 4.71. The fourth-order valence-corrected chi connectivity index (χ4v) is 2.92. The maximum atomic E-state index is 13.1. The molecule has 6 nitrogen and oxygen atoms in total. The molecule has 1 aliphatic heterocycles. The van der Waals surface area contributed by atoms with Crippen molar-refractivity contribution in [1.82, 2.24) is 19.8 Å². The molecule has 0 bridgehead atoms. The van der Waals surface area contributed by atoms with E-state index in [1.165, 1.54) is 0 Å². The van der Waals surface area contributed by atoms with Gasteiger partial charge in [0.25, 0.3) is 5.82 Å². The number of rotatable bonds is 2. The van der Waals surface area contributed by atoms with Crippen molar-refractivity contribution in [3.8, 4) is 0 Å². The highest BCUT2D eigenvalue weighted by atomic mass is 19.4. The molecule has 1 unspecified atom stereocenters. The molecule has 24 heavy (non-hydrogen) atoms. The molecule has 2 aromatic rings. The van der Waals surface area contributed by atoms with E-state index in [1.54, 1.807) is 6.92 Å². The smallest absolute Gasteiger partial charge is 0.372 e. The van der Waals surface area contributed by atoms with E-state index >= 15 is 0 Å². The van der Waals surface area contributed by atoms with Crippen LogP contribution >= 0.6 is 0 Å². The molecule has 0 aromatic carbocycles. The lowest BCUT2D eigenvalue weighted by molar-refractivity contribution is -0.146. The number of halogens is 3. The molecule has 3 heterocycles. The lowest BCUT2D eigenvalue weighted by Crippen LogP contribution is -2.50. The van der Waals surface area contributed by atoms with Crippen molar-refractivity contribution >= 4 is 11.5 Å². The van der Waals surface area contributed by atoms with E-state index in [0.29, 0.717) is 31.1 Å². The summed E-state index contributed by atoms with van der Waals surface area (Å²) in [4.78, 5) is 1.98. The lowest BCUT2D eigenvalue weighted by Gasteiger charge is -2.41. The molecule has 0 spiro atoms. The zero-order chi connectivity index (χ0) is 17.7. The van der Waals surface area contributed by atoms with Crippen LogP contribution < -0.4 is 4.90 Å². The molecular formula is C15H20F3N5O. The van der Waals surface area contributed by atoms with Gasteiger partial charge >= 0.3 is 6.18 Å². The van der Waals surface area contributed by atoms with Gasteiger partial charge in [-0.3, -0.25) is 0 Å². The van der Waals surface area contributed by atoms with E-state index in [9.17, 15) is 13.2 Å². The predicted molar refractivity (Wildman–Crippen MR) is 82.1 cm³/mol. The maximum absolute atomic E-state index is 13.1. The Morgan fingerprint density at radius 2 is 1.92 bits per heavy atom. The first-order valence-corrected chi connectivity index (χ1v) is 7.85. The number of morpholine rings is 1. The van der Waals surface area contributed by atoms with Gasteiger partial charge in [0, 0.05) is 24.2 Å². The van der Waals surface area contributed by atoms with Crippen LogP contribution in [0.5, 0.6) is 0 Å². The van der Waals surface area contributed by atoms with Crippen LogP contribution in [0, 0.1) is 13.8 Å². The Morgan fingerprint density at radius 3 is 2.54 bits per heavy atom. The maximum Gasteiger partial charge on any atom is 0.453 e. The molecule has 0 aliphatic carbocycles. The Balaban J connectivity index is 2.13. The molecule has 1 atom stereocenters. The van der Waals surface area contributed by atoms with Crippen molar-refractivity contribution in [2.45, 2.75) is 45.9 Å². The second kappa shape index (κ2) is 5.58. The van der Waals surface area contributed by atoms with Crippen LogP contribution in [0.2, 0.25) is 0 Å². The number of alkyl halides is 3. The van der Waals surface area contributed by atoms with Crippen molar-refractivity contribution in [2.75, 3.05) is 24.6 Å². The average Bonchev–Trinajstić information content (AvgIpc) is 2.95. The lowest BCUT2D eigenvalue weighted by atomic mass is 10.0. The molecular weight excluding hydrogens is 323 g/mol. The van der Waals surface area contributed by atoms with Gasteiger partial charge in [0.1, 0.15) is 0 Å². The Hall–Kier alpha value is -1.90. The third kappa shape index (κ3) is 2.70. The van der Waals surface area contributed by atoms with Gasteiger partial charge in [-0.1, -0.05) is 6.92 Å². The van der Waals surface area contributed by atoms with Crippen LogP contribution in [0.15, 0.2) is 0 Å². The Kier molecular flexibility index (Phi) is 3.94. The molecule has 1 fully saturated rings. The number of aromatic nitrogens is 4. The summed E-state index contributed by atoms with van der Waals surface area (Å²) in [5.41, 5.74) is 1.25. The second-order valence-corrected chi connectivity index (χ2v) is 6.40. The molecule has 3 rings (SSSR count). The number of hydrogen-bond acceptors (Lipinski definition) is 5. The fourth-order valence-electron chi connectivity index (χ4n) is 2.92. The van der Waals surface area contributed by atoms with Gasteiger partial charge in [0.05, 0.1) is 12.2 Å². The van der Waals surface area contributed by atoms with Crippen molar-refractivity contribution < 1.29 is 17.9 Å². The van der Waals surface area contributed by atoms with E-state index in [4.69, 9.17) is 4.74 Å². The summed E-state index contributed by atoms with van der Waals surface area (Å²) in [7, 11) is 0. The Labute approximate surface area is 137 Å². The van der Waals surface area contributed by atoms with Gasteiger partial charge in [0.2, 0.25) is 0 Å².